The van der Waals surface area contributed by atoms with Gasteiger partial charge in [0.1, 0.15) is 0 Å². The van der Waals surface area contributed by atoms with Crippen molar-refractivity contribution in [3.05, 3.63) is 35.5 Å². The number of aromatic amines is 1. The smallest absolute Gasteiger partial charge is 0.0456 e. The van der Waals surface area contributed by atoms with Gasteiger partial charge in [0.15, 0.2) is 0 Å². The summed E-state index contributed by atoms with van der Waals surface area (Å²) in [4.78, 5) is 5.78. The van der Waals surface area contributed by atoms with Crippen molar-refractivity contribution in [1.82, 2.24) is 15.2 Å². The highest BCUT2D eigenvalue weighted by Crippen LogP contribution is 2.21. The molecule has 1 aliphatic heterocycles. The first-order chi connectivity index (χ1) is 8.72. The van der Waals surface area contributed by atoms with Gasteiger partial charge in [0.05, 0.1) is 0 Å². The molecule has 2 N–H and O–H groups in total. The van der Waals surface area contributed by atoms with Crippen molar-refractivity contribution in [2.24, 2.45) is 0 Å². The van der Waals surface area contributed by atoms with Crippen molar-refractivity contribution < 1.29 is 0 Å². The number of aromatic nitrogens is 1. The highest BCUT2D eigenvalue weighted by molar-refractivity contribution is 5.83. The van der Waals surface area contributed by atoms with Gasteiger partial charge in [0, 0.05) is 42.8 Å². The van der Waals surface area contributed by atoms with Gasteiger partial charge >= 0.3 is 0 Å². The van der Waals surface area contributed by atoms with Crippen LogP contribution in [0.1, 0.15) is 11.1 Å². The zero-order chi connectivity index (χ0) is 12.5. The Morgan fingerprint density at radius 2 is 2.28 bits per heavy atom. The highest BCUT2D eigenvalue weighted by atomic mass is 15.2. The molecule has 0 amide bonds. The molecule has 1 aromatic carbocycles. The van der Waals surface area contributed by atoms with Gasteiger partial charge in [-0.25, -0.2) is 0 Å². The fourth-order valence-electron chi connectivity index (χ4n) is 2.85. The fraction of sp³-hybridized carbons (Fsp3) is 0.467. The van der Waals surface area contributed by atoms with E-state index in [0.717, 1.165) is 26.1 Å². The summed E-state index contributed by atoms with van der Waals surface area (Å²) in [5.41, 5.74) is 4.01. The van der Waals surface area contributed by atoms with Crippen LogP contribution in [0.2, 0.25) is 0 Å². The maximum atomic E-state index is 3.61. The predicted octanol–water partition coefficient (Wildman–Crippen LogP) is 1.92. The van der Waals surface area contributed by atoms with Crippen molar-refractivity contribution in [3.63, 3.8) is 0 Å². The zero-order valence-electron chi connectivity index (χ0n) is 11.2. The van der Waals surface area contributed by atoms with Gasteiger partial charge in [-0.2, -0.15) is 0 Å². The average molecular weight is 243 g/mol. The summed E-state index contributed by atoms with van der Waals surface area (Å²) in [5, 5.41) is 4.99. The molecule has 0 radical (unpaired) electrons. The van der Waals surface area contributed by atoms with Crippen LogP contribution >= 0.6 is 0 Å². The zero-order valence-corrected chi connectivity index (χ0v) is 11.2. The number of nitrogens with one attached hydrogen (secondary N) is 2. The lowest BCUT2D eigenvalue weighted by molar-refractivity contribution is 0.238. The predicted molar refractivity (Wildman–Crippen MR) is 76.0 cm³/mol. The lowest BCUT2D eigenvalue weighted by Gasteiger charge is -2.30. The Labute approximate surface area is 108 Å². The van der Waals surface area contributed by atoms with E-state index in [4.69, 9.17) is 0 Å². The molecule has 1 aromatic heterocycles. The summed E-state index contributed by atoms with van der Waals surface area (Å²) in [7, 11) is 2.20. The number of piperazine rings is 1. The molecule has 3 rings (SSSR count). The van der Waals surface area contributed by atoms with E-state index in [0.29, 0.717) is 6.04 Å². The molecule has 1 unspecified atom stereocenters. The topological polar surface area (TPSA) is 31.1 Å². The molecule has 0 saturated carbocycles. The Kier molecular flexibility index (Phi) is 3.10. The van der Waals surface area contributed by atoms with Crippen molar-refractivity contribution in [2.75, 3.05) is 26.7 Å². The van der Waals surface area contributed by atoms with Crippen LogP contribution in [0, 0.1) is 6.92 Å². The van der Waals surface area contributed by atoms with Gasteiger partial charge in [-0.3, -0.25) is 0 Å². The normalized spacial score (nSPS) is 21.6. The molecule has 18 heavy (non-hydrogen) atoms. The van der Waals surface area contributed by atoms with E-state index in [2.05, 4.69) is 53.6 Å². The molecule has 1 aliphatic rings. The number of H-pyrrole nitrogens is 1. The molecule has 96 valence electrons. The number of likely N-dealkylation sites (N-methyl/N-ethyl adjacent to an activating group) is 1. The van der Waals surface area contributed by atoms with Crippen molar-refractivity contribution >= 4 is 10.9 Å². The van der Waals surface area contributed by atoms with E-state index >= 15 is 0 Å². The Bertz CT molecular complexity index is 544. The van der Waals surface area contributed by atoms with Crippen molar-refractivity contribution in [1.29, 1.82) is 0 Å². The molecular weight excluding hydrogens is 222 g/mol. The number of aryl methyl sites for hydroxylation is 1. The van der Waals surface area contributed by atoms with Crippen LogP contribution in [0.4, 0.5) is 0 Å². The maximum Gasteiger partial charge on any atom is 0.0456 e. The van der Waals surface area contributed by atoms with Crippen LogP contribution in [0.25, 0.3) is 10.9 Å². The van der Waals surface area contributed by atoms with Crippen LogP contribution in [-0.4, -0.2) is 42.6 Å². The van der Waals surface area contributed by atoms with E-state index in [1.807, 2.05) is 0 Å². The highest BCUT2D eigenvalue weighted by Gasteiger charge is 2.18. The van der Waals surface area contributed by atoms with Crippen LogP contribution < -0.4 is 5.32 Å². The summed E-state index contributed by atoms with van der Waals surface area (Å²) in [5.74, 6) is 0. The summed E-state index contributed by atoms with van der Waals surface area (Å²) in [6, 6.07) is 7.20. The monoisotopic (exact) mass is 243 g/mol. The van der Waals surface area contributed by atoms with Crippen LogP contribution in [-0.2, 0) is 6.42 Å². The Balaban J connectivity index is 1.83. The number of rotatable bonds is 2. The lowest BCUT2D eigenvalue weighted by atomic mass is 10.0. The van der Waals surface area contributed by atoms with Gasteiger partial charge in [-0.05, 0) is 38.1 Å². The van der Waals surface area contributed by atoms with Gasteiger partial charge in [0.2, 0.25) is 0 Å². The number of nitrogens with zero attached hydrogens (tertiary/aromatic N) is 1. The average Bonchev–Trinajstić information content (AvgIpc) is 2.72. The van der Waals surface area contributed by atoms with Crippen LogP contribution in [0.3, 0.4) is 0 Å². The van der Waals surface area contributed by atoms with Crippen LogP contribution in [0.15, 0.2) is 24.4 Å². The van der Waals surface area contributed by atoms with Crippen molar-refractivity contribution in [2.45, 2.75) is 19.4 Å². The number of hydrogen-bond acceptors (Lipinski definition) is 2. The molecule has 0 bridgehead atoms. The molecule has 1 fully saturated rings. The van der Waals surface area contributed by atoms with Gasteiger partial charge < -0.3 is 15.2 Å². The van der Waals surface area contributed by atoms with E-state index in [9.17, 15) is 0 Å². The van der Waals surface area contributed by atoms with E-state index in [1.165, 1.54) is 22.0 Å². The van der Waals surface area contributed by atoms with E-state index < -0.39 is 0 Å². The molecule has 1 saturated heterocycles. The minimum atomic E-state index is 0.572. The standard InChI is InChI=1S/C15H21N3/c1-11-3-4-15-14(7-11)12(9-17-15)8-13-10-18(2)6-5-16-13/h3-4,7,9,13,16-17H,5-6,8,10H2,1-2H3. The second-order valence-electron chi connectivity index (χ2n) is 5.48. The number of benzene rings is 1. The SMILES string of the molecule is Cc1ccc2[nH]cc(CC3CN(C)CCN3)c2c1. The quantitative estimate of drug-likeness (QED) is 0.844. The lowest BCUT2D eigenvalue weighted by Crippen LogP contribution is -2.49. The van der Waals surface area contributed by atoms with Crippen molar-refractivity contribution in [3.8, 4) is 0 Å². The third kappa shape index (κ3) is 2.28. The molecule has 0 aliphatic carbocycles. The minimum Gasteiger partial charge on any atom is -0.361 e. The third-order valence-electron chi connectivity index (χ3n) is 3.85. The van der Waals surface area contributed by atoms with Crippen LogP contribution in [0.5, 0.6) is 0 Å². The molecule has 0 spiro atoms. The van der Waals surface area contributed by atoms with Gasteiger partial charge in [0.25, 0.3) is 0 Å². The molecule has 3 nitrogen and oxygen atoms in total. The molecular formula is C15H21N3. The van der Waals surface area contributed by atoms with Gasteiger partial charge in [-0.1, -0.05) is 11.6 Å². The molecule has 2 aromatic rings. The first kappa shape index (κ1) is 11.8. The van der Waals surface area contributed by atoms with E-state index in [-0.39, 0.29) is 0 Å². The maximum absolute atomic E-state index is 3.61. The Hall–Kier alpha value is -1.32. The Morgan fingerprint density at radius 1 is 1.39 bits per heavy atom. The second-order valence-corrected chi connectivity index (χ2v) is 5.48. The Morgan fingerprint density at radius 3 is 3.11 bits per heavy atom. The third-order valence-corrected chi connectivity index (χ3v) is 3.85. The summed E-state index contributed by atoms with van der Waals surface area (Å²) < 4.78 is 0. The second kappa shape index (κ2) is 4.75. The first-order valence-electron chi connectivity index (χ1n) is 6.71. The first-order valence-corrected chi connectivity index (χ1v) is 6.71. The fourth-order valence-corrected chi connectivity index (χ4v) is 2.85. The summed E-state index contributed by atoms with van der Waals surface area (Å²) in [6.45, 7) is 5.55. The largest absolute Gasteiger partial charge is 0.361 e. The summed E-state index contributed by atoms with van der Waals surface area (Å²) >= 11 is 0. The summed E-state index contributed by atoms with van der Waals surface area (Å²) in [6.07, 6.45) is 3.27. The molecule has 2 heterocycles. The minimum absolute atomic E-state index is 0.572. The number of hydrogen-bond donors (Lipinski definition) is 2. The molecule has 1 atom stereocenters. The van der Waals surface area contributed by atoms with Gasteiger partial charge in [-0.15, -0.1) is 0 Å². The number of fused-ring (bicyclic) bond motifs is 1. The van der Waals surface area contributed by atoms with E-state index in [1.54, 1.807) is 0 Å². The molecule has 3 heteroatoms.